The Morgan fingerprint density at radius 3 is 2.50 bits per heavy atom. The van der Waals surface area contributed by atoms with Gasteiger partial charge in [-0.05, 0) is 0 Å². The molecule has 0 radical (unpaired) electrons. The van der Waals surface area contributed by atoms with E-state index in [1.54, 1.807) is 11.8 Å². The van der Waals surface area contributed by atoms with Crippen LogP contribution in [0.25, 0.3) is 0 Å². The zero-order chi connectivity index (χ0) is 14.0. The van der Waals surface area contributed by atoms with E-state index in [0.29, 0.717) is 4.47 Å². The second-order valence-electron chi connectivity index (χ2n) is 3.20. The zero-order valence-corrected chi connectivity index (χ0v) is 13.4. The summed E-state index contributed by atoms with van der Waals surface area (Å²) in [5.74, 6) is -0.0784. The van der Waals surface area contributed by atoms with Gasteiger partial charge in [0.25, 0.3) is 0 Å². The van der Waals surface area contributed by atoms with E-state index in [0.717, 1.165) is 22.4 Å². The number of esters is 2. The normalized spacial score (nSPS) is 10.9. The molecule has 0 aromatic heterocycles. The van der Waals surface area contributed by atoms with Crippen molar-refractivity contribution < 1.29 is 19.1 Å². The predicted molar refractivity (Wildman–Crippen MR) is 74.4 cm³/mol. The molecule has 18 heavy (non-hydrogen) atoms. The Hall–Kier alpha value is -0.711. The van der Waals surface area contributed by atoms with Gasteiger partial charge in [-0.2, -0.15) is 0 Å². The molecule has 0 N–H and O–H groups in total. The summed E-state index contributed by atoms with van der Waals surface area (Å²) in [6.45, 7) is 6.02. The summed E-state index contributed by atoms with van der Waals surface area (Å²) in [7, 11) is 2.56. The van der Waals surface area contributed by atoms with Gasteiger partial charge in [-0.1, -0.05) is 0 Å². The van der Waals surface area contributed by atoms with Crippen LogP contribution < -0.4 is 0 Å². The summed E-state index contributed by atoms with van der Waals surface area (Å²) in [5, 5.41) is 0. The fourth-order valence-electron chi connectivity index (χ4n) is 0.879. The molecule has 0 bridgehead atoms. The summed E-state index contributed by atoms with van der Waals surface area (Å²) < 4.78 is 10.4. The first-order chi connectivity index (χ1) is 8.54. The average Bonchev–Trinajstić information content (AvgIpc) is 2.37. The molecule has 0 spiro atoms. The number of thioether (sulfide) groups is 1. The van der Waals surface area contributed by atoms with Gasteiger partial charge in [0.15, 0.2) is 0 Å². The van der Waals surface area contributed by atoms with Gasteiger partial charge in [0, 0.05) is 0 Å². The van der Waals surface area contributed by atoms with Gasteiger partial charge >= 0.3 is 118 Å². The van der Waals surface area contributed by atoms with Gasteiger partial charge in [-0.3, -0.25) is 0 Å². The molecule has 0 aliphatic heterocycles. The molecule has 102 valence electrons. The van der Waals surface area contributed by atoms with Crippen molar-refractivity contribution in [1.82, 2.24) is 0 Å². The summed E-state index contributed by atoms with van der Waals surface area (Å²) >= 11 is 1.33. The van der Waals surface area contributed by atoms with Crippen molar-refractivity contribution >= 4 is 38.7 Å². The number of hydrogen-bond donors (Lipinski definition) is 0. The Morgan fingerprint density at radius 2 is 2.00 bits per heavy atom. The molecule has 0 aromatic carbocycles. The maximum atomic E-state index is 11.5. The van der Waals surface area contributed by atoms with Crippen molar-refractivity contribution in [3.63, 3.8) is 0 Å². The molecule has 0 fully saturated rings. The van der Waals surface area contributed by atoms with Crippen molar-refractivity contribution in [3.8, 4) is 0 Å². The van der Waals surface area contributed by atoms with Gasteiger partial charge in [0.05, 0.1) is 0 Å². The van der Waals surface area contributed by atoms with Crippen LogP contribution in [0.2, 0.25) is 0 Å². The minimum atomic E-state index is -0.552. The van der Waals surface area contributed by atoms with E-state index >= 15 is 0 Å². The molecule has 0 aliphatic rings. The van der Waals surface area contributed by atoms with Gasteiger partial charge in [-0.15, -0.1) is 0 Å². The molecule has 0 heterocycles. The fourth-order valence-corrected chi connectivity index (χ4v) is 4.15. The van der Waals surface area contributed by atoms with Gasteiger partial charge in [0.1, 0.15) is 0 Å². The van der Waals surface area contributed by atoms with E-state index in [9.17, 15) is 9.59 Å². The molecule has 0 amide bonds. The molecule has 0 rings (SSSR count). The quantitative estimate of drug-likeness (QED) is 0.293. The average molecular weight is 337 g/mol. The van der Waals surface area contributed by atoms with Gasteiger partial charge in [0.2, 0.25) is 0 Å². The summed E-state index contributed by atoms with van der Waals surface area (Å²) in [5.41, 5.74) is 0. The number of methoxy groups -OCH3 is 2. The molecule has 0 atom stereocenters. The molecular formula is C12H18O4SSe. The van der Waals surface area contributed by atoms with E-state index in [1.165, 1.54) is 20.3 Å². The van der Waals surface area contributed by atoms with Crippen molar-refractivity contribution in [1.29, 1.82) is 0 Å². The number of hydrogen-bond acceptors (Lipinski definition) is 5. The van der Waals surface area contributed by atoms with Crippen molar-refractivity contribution in [2.24, 2.45) is 0 Å². The Balaban J connectivity index is 4.51. The van der Waals surface area contributed by atoms with Crippen LogP contribution in [-0.4, -0.2) is 46.9 Å². The summed E-state index contributed by atoms with van der Waals surface area (Å²) in [6, 6.07) is 0. The third-order valence-electron chi connectivity index (χ3n) is 1.82. The number of carbonyl (C=O) groups is 2. The van der Waals surface area contributed by atoms with Crippen LogP contribution in [0.5, 0.6) is 0 Å². The first kappa shape index (κ1) is 17.3. The van der Waals surface area contributed by atoms with E-state index < -0.39 is 11.9 Å². The topological polar surface area (TPSA) is 52.6 Å². The van der Waals surface area contributed by atoms with Crippen LogP contribution >= 0.6 is 11.8 Å². The fraction of sp³-hybridized carbons (Fsp3) is 0.500. The van der Waals surface area contributed by atoms with Crippen molar-refractivity contribution in [3.05, 3.63) is 20.9 Å². The van der Waals surface area contributed by atoms with Gasteiger partial charge in [-0.25, -0.2) is 0 Å². The van der Waals surface area contributed by atoms with Crippen LogP contribution in [0.1, 0.15) is 19.8 Å². The molecular weight excluding hydrogens is 319 g/mol. The minimum absolute atomic E-state index is 0.292. The number of ether oxygens (including phenoxy) is 2. The van der Waals surface area contributed by atoms with Crippen molar-refractivity contribution in [2.45, 2.75) is 19.8 Å². The van der Waals surface area contributed by atoms with Crippen LogP contribution in [0.15, 0.2) is 20.9 Å². The van der Waals surface area contributed by atoms with Crippen LogP contribution in [0.3, 0.4) is 0 Å². The number of carbonyl (C=O) groups excluding carboxylic acids is 2. The third kappa shape index (κ3) is 7.58. The van der Waals surface area contributed by atoms with Crippen LogP contribution in [0.4, 0.5) is 0 Å². The third-order valence-corrected chi connectivity index (χ3v) is 5.35. The zero-order valence-electron chi connectivity index (χ0n) is 10.9. The molecule has 0 aromatic rings. The Bertz CT molecular complexity index is 339. The summed E-state index contributed by atoms with van der Waals surface area (Å²) in [4.78, 5) is 22.6. The molecule has 0 unspecified atom stereocenters. The second kappa shape index (κ2) is 10.2. The SMILES string of the molecule is C=C(SCCCC)[Se]/C(=C\C(=O)OC)C(=O)OC. The van der Waals surface area contributed by atoms with E-state index in [-0.39, 0.29) is 15.0 Å². The Morgan fingerprint density at radius 1 is 1.33 bits per heavy atom. The van der Waals surface area contributed by atoms with Gasteiger partial charge < -0.3 is 0 Å². The first-order valence-corrected chi connectivity index (χ1v) is 8.12. The predicted octanol–water partition coefficient (Wildman–Crippen LogP) is 1.92. The van der Waals surface area contributed by atoms with E-state index in [4.69, 9.17) is 0 Å². The number of unbranched alkanes of at least 4 members (excludes halogenated alkanes) is 1. The molecule has 0 saturated heterocycles. The van der Waals surface area contributed by atoms with Crippen molar-refractivity contribution in [2.75, 3.05) is 20.0 Å². The molecule has 0 saturated carbocycles. The second-order valence-corrected chi connectivity index (χ2v) is 7.36. The van der Waals surface area contributed by atoms with Crippen LogP contribution in [0, 0.1) is 0 Å². The molecule has 0 aliphatic carbocycles. The van der Waals surface area contributed by atoms with E-state index in [2.05, 4.69) is 23.0 Å². The summed E-state index contributed by atoms with van der Waals surface area (Å²) in [6.07, 6.45) is 3.40. The molecule has 6 heteroatoms. The standard InChI is InChI=1S/C12H18O4SSe/c1-5-6-7-17-9(2)18-10(12(14)16-4)8-11(13)15-3/h8H,2,5-7H2,1,3-4H3/b10-8-. The van der Waals surface area contributed by atoms with E-state index in [1.807, 2.05) is 0 Å². The monoisotopic (exact) mass is 338 g/mol. The first-order valence-electron chi connectivity index (χ1n) is 5.42. The number of rotatable bonds is 8. The Kier molecular flexibility index (Phi) is 9.83. The van der Waals surface area contributed by atoms with Crippen LogP contribution in [-0.2, 0) is 19.1 Å². The molecule has 4 nitrogen and oxygen atoms in total. The maximum absolute atomic E-state index is 11.5. The Labute approximate surface area is 118 Å².